The largest absolute Gasteiger partial charge is 0.370 e. The summed E-state index contributed by atoms with van der Waals surface area (Å²) in [4.78, 5) is 23.4. The second-order valence-corrected chi connectivity index (χ2v) is 3.36. The van der Waals surface area contributed by atoms with Crippen molar-refractivity contribution in [3.8, 4) is 0 Å². The molecule has 14 heavy (non-hydrogen) atoms. The number of carbonyl (C=O) groups is 2. The van der Waals surface area contributed by atoms with Crippen molar-refractivity contribution >= 4 is 11.8 Å². The van der Waals surface area contributed by atoms with Crippen molar-refractivity contribution < 1.29 is 14.3 Å². The van der Waals surface area contributed by atoms with Crippen LogP contribution in [0.3, 0.4) is 0 Å². The number of hydrogen-bond donors (Lipinski definition) is 1. The highest BCUT2D eigenvalue weighted by atomic mass is 16.5. The number of carbonyl (C=O) groups excluding carboxylic acids is 2. The number of ether oxygens (including phenoxy) is 1. The quantitative estimate of drug-likeness (QED) is 0.608. The van der Waals surface area contributed by atoms with Crippen LogP contribution in [-0.4, -0.2) is 43.0 Å². The second-order valence-electron chi connectivity index (χ2n) is 3.36. The van der Waals surface area contributed by atoms with Gasteiger partial charge in [-0.25, -0.2) is 0 Å². The Morgan fingerprint density at radius 3 is 2.93 bits per heavy atom. The van der Waals surface area contributed by atoms with Gasteiger partial charge in [-0.2, -0.15) is 0 Å². The summed E-state index contributed by atoms with van der Waals surface area (Å²) < 4.78 is 4.99. The molecule has 5 heteroatoms. The fourth-order valence-corrected chi connectivity index (χ4v) is 1.39. The van der Waals surface area contributed by atoms with E-state index in [0.717, 1.165) is 12.8 Å². The zero-order chi connectivity index (χ0) is 10.4. The van der Waals surface area contributed by atoms with Gasteiger partial charge >= 0.3 is 0 Å². The zero-order valence-corrected chi connectivity index (χ0v) is 8.20. The molecule has 0 aromatic heterocycles. The summed E-state index contributed by atoms with van der Waals surface area (Å²) in [5.74, 6) is -0.242. The first kappa shape index (κ1) is 11.0. The van der Waals surface area contributed by atoms with Crippen molar-refractivity contribution in [3.63, 3.8) is 0 Å². The number of amides is 2. The average molecular weight is 200 g/mol. The van der Waals surface area contributed by atoms with Crippen molar-refractivity contribution in [3.05, 3.63) is 0 Å². The van der Waals surface area contributed by atoms with Gasteiger partial charge in [0.2, 0.25) is 11.8 Å². The molecule has 1 fully saturated rings. The molecule has 1 aliphatic rings. The van der Waals surface area contributed by atoms with Crippen molar-refractivity contribution in [2.75, 3.05) is 26.3 Å². The van der Waals surface area contributed by atoms with E-state index in [2.05, 4.69) is 0 Å². The SMILES string of the molecule is NC(=O)CCCCN1CCOCC1=O. The van der Waals surface area contributed by atoms with E-state index in [-0.39, 0.29) is 18.4 Å². The van der Waals surface area contributed by atoms with E-state index in [9.17, 15) is 9.59 Å². The molecule has 0 radical (unpaired) electrons. The molecular formula is C9H16N2O3. The van der Waals surface area contributed by atoms with Gasteiger partial charge in [-0.05, 0) is 12.8 Å². The summed E-state index contributed by atoms with van der Waals surface area (Å²) in [5.41, 5.74) is 5.00. The highest BCUT2D eigenvalue weighted by Gasteiger charge is 2.17. The van der Waals surface area contributed by atoms with Crippen molar-refractivity contribution in [2.24, 2.45) is 5.73 Å². The lowest BCUT2D eigenvalue weighted by atomic mass is 10.2. The lowest BCUT2D eigenvalue weighted by Crippen LogP contribution is -2.42. The molecule has 80 valence electrons. The fraction of sp³-hybridized carbons (Fsp3) is 0.778. The van der Waals surface area contributed by atoms with Gasteiger partial charge in [0.25, 0.3) is 0 Å². The number of rotatable bonds is 5. The van der Waals surface area contributed by atoms with E-state index < -0.39 is 0 Å². The minimum Gasteiger partial charge on any atom is -0.370 e. The van der Waals surface area contributed by atoms with E-state index in [1.54, 1.807) is 4.90 Å². The van der Waals surface area contributed by atoms with Crippen LogP contribution in [0.5, 0.6) is 0 Å². The number of nitrogens with two attached hydrogens (primary N) is 1. The first-order valence-electron chi connectivity index (χ1n) is 4.84. The Morgan fingerprint density at radius 2 is 2.29 bits per heavy atom. The normalized spacial score (nSPS) is 17.1. The molecule has 0 atom stereocenters. The molecule has 0 spiro atoms. The van der Waals surface area contributed by atoms with E-state index in [0.29, 0.717) is 26.1 Å². The second kappa shape index (κ2) is 5.59. The lowest BCUT2D eigenvalue weighted by Gasteiger charge is -2.26. The Balaban J connectivity index is 2.10. The fourth-order valence-electron chi connectivity index (χ4n) is 1.39. The Hall–Kier alpha value is -1.10. The maximum absolute atomic E-state index is 11.2. The van der Waals surface area contributed by atoms with E-state index in [1.807, 2.05) is 0 Å². The van der Waals surface area contributed by atoms with Gasteiger partial charge in [0.15, 0.2) is 0 Å². The smallest absolute Gasteiger partial charge is 0.248 e. The predicted molar refractivity (Wildman–Crippen MR) is 50.4 cm³/mol. The topological polar surface area (TPSA) is 72.6 Å². The van der Waals surface area contributed by atoms with Gasteiger partial charge in [-0.1, -0.05) is 0 Å². The Labute approximate surface area is 83.2 Å². The van der Waals surface area contributed by atoms with E-state index in [1.165, 1.54) is 0 Å². The Morgan fingerprint density at radius 1 is 1.50 bits per heavy atom. The molecule has 0 saturated carbocycles. The summed E-state index contributed by atoms with van der Waals surface area (Å²) in [7, 11) is 0. The highest BCUT2D eigenvalue weighted by molar-refractivity contribution is 5.78. The highest BCUT2D eigenvalue weighted by Crippen LogP contribution is 2.02. The van der Waals surface area contributed by atoms with Gasteiger partial charge in [0.05, 0.1) is 6.61 Å². The van der Waals surface area contributed by atoms with Crippen LogP contribution in [0.4, 0.5) is 0 Å². The number of nitrogens with zero attached hydrogens (tertiary/aromatic N) is 1. The van der Waals surface area contributed by atoms with Crippen LogP contribution in [0, 0.1) is 0 Å². The molecule has 1 rings (SSSR count). The molecule has 0 aromatic carbocycles. The third-order valence-electron chi connectivity index (χ3n) is 2.18. The van der Waals surface area contributed by atoms with Crippen molar-refractivity contribution in [1.29, 1.82) is 0 Å². The summed E-state index contributed by atoms with van der Waals surface area (Å²) in [6.07, 6.45) is 1.98. The minimum absolute atomic E-state index is 0.0373. The third-order valence-corrected chi connectivity index (χ3v) is 2.18. The molecule has 1 heterocycles. The molecular weight excluding hydrogens is 184 g/mol. The summed E-state index contributed by atoms with van der Waals surface area (Å²) >= 11 is 0. The van der Waals surface area contributed by atoms with E-state index >= 15 is 0 Å². The van der Waals surface area contributed by atoms with Gasteiger partial charge in [-0.15, -0.1) is 0 Å². The molecule has 0 aliphatic carbocycles. The first-order chi connectivity index (χ1) is 6.70. The minimum atomic E-state index is -0.279. The maximum atomic E-state index is 11.2. The van der Waals surface area contributed by atoms with Crippen LogP contribution in [0.2, 0.25) is 0 Å². The van der Waals surface area contributed by atoms with Crippen LogP contribution < -0.4 is 5.73 Å². The maximum Gasteiger partial charge on any atom is 0.248 e. The van der Waals surface area contributed by atoms with Crippen molar-refractivity contribution in [1.82, 2.24) is 4.90 Å². The Kier molecular flexibility index (Phi) is 4.39. The predicted octanol–water partition coefficient (Wildman–Crippen LogP) is -0.499. The van der Waals surface area contributed by atoms with Gasteiger partial charge in [0, 0.05) is 19.5 Å². The van der Waals surface area contributed by atoms with E-state index in [4.69, 9.17) is 10.5 Å². The number of morpholine rings is 1. The van der Waals surface area contributed by atoms with Crippen LogP contribution in [0.25, 0.3) is 0 Å². The molecule has 0 bridgehead atoms. The van der Waals surface area contributed by atoms with Crippen LogP contribution in [0.1, 0.15) is 19.3 Å². The molecule has 0 unspecified atom stereocenters. The number of unbranched alkanes of at least 4 members (excludes halogenated alkanes) is 1. The molecule has 2 N–H and O–H groups in total. The molecule has 5 nitrogen and oxygen atoms in total. The van der Waals surface area contributed by atoms with Crippen molar-refractivity contribution in [2.45, 2.75) is 19.3 Å². The number of hydrogen-bond acceptors (Lipinski definition) is 3. The average Bonchev–Trinajstić information content (AvgIpc) is 2.15. The van der Waals surface area contributed by atoms with Crippen LogP contribution >= 0.6 is 0 Å². The summed E-state index contributed by atoms with van der Waals surface area (Å²) in [5, 5.41) is 0. The standard InChI is InChI=1S/C9H16N2O3/c10-8(12)3-1-2-4-11-5-6-14-7-9(11)13/h1-7H2,(H2,10,12). The first-order valence-corrected chi connectivity index (χ1v) is 4.84. The number of primary amides is 1. The third kappa shape index (κ3) is 3.74. The summed E-state index contributed by atoms with van der Waals surface area (Å²) in [6, 6.07) is 0. The van der Waals surface area contributed by atoms with Crippen LogP contribution in [-0.2, 0) is 14.3 Å². The van der Waals surface area contributed by atoms with Gasteiger partial charge in [0.1, 0.15) is 6.61 Å². The monoisotopic (exact) mass is 200 g/mol. The Bertz CT molecular complexity index is 218. The van der Waals surface area contributed by atoms with Gasteiger partial charge < -0.3 is 15.4 Å². The zero-order valence-electron chi connectivity index (χ0n) is 8.20. The lowest BCUT2D eigenvalue weighted by molar-refractivity contribution is -0.142. The molecule has 1 saturated heterocycles. The molecule has 2 amide bonds. The summed E-state index contributed by atoms with van der Waals surface area (Å²) in [6.45, 7) is 2.17. The molecule has 1 aliphatic heterocycles. The van der Waals surface area contributed by atoms with Crippen LogP contribution in [0.15, 0.2) is 0 Å². The molecule has 0 aromatic rings. The van der Waals surface area contributed by atoms with Gasteiger partial charge in [-0.3, -0.25) is 9.59 Å².